The van der Waals surface area contributed by atoms with E-state index >= 15 is 0 Å². The van der Waals surface area contributed by atoms with Crippen molar-refractivity contribution in [3.05, 3.63) is 40.2 Å². The first-order valence-corrected chi connectivity index (χ1v) is 4.17. The third-order valence-electron chi connectivity index (χ3n) is 2.09. The number of H-pyrrole nitrogens is 1. The van der Waals surface area contributed by atoms with Crippen LogP contribution in [-0.4, -0.2) is 21.2 Å². The number of carbonyl (C=O) groups is 1. The summed E-state index contributed by atoms with van der Waals surface area (Å²) in [6, 6.07) is 4.16. The van der Waals surface area contributed by atoms with Crippen LogP contribution < -0.4 is 5.43 Å². The number of fused-ring (bicyclic) bond motifs is 1. The summed E-state index contributed by atoms with van der Waals surface area (Å²) in [6.45, 7) is 0. The van der Waals surface area contributed by atoms with E-state index in [9.17, 15) is 14.7 Å². The fourth-order valence-corrected chi connectivity index (χ4v) is 1.37. The Morgan fingerprint density at radius 2 is 2.07 bits per heavy atom. The van der Waals surface area contributed by atoms with E-state index in [1.165, 1.54) is 18.2 Å². The molecule has 1 aromatic carbocycles. The molecule has 3 N–H and O–H groups in total. The molecule has 0 spiro atoms. The van der Waals surface area contributed by atoms with Crippen molar-refractivity contribution in [3.63, 3.8) is 0 Å². The summed E-state index contributed by atoms with van der Waals surface area (Å²) in [5.74, 6) is -1.36. The van der Waals surface area contributed by atoms with Crippen LogP contribution >= 0.6 is 0 Å². The van der Waals surface area contributed by atoms with Gasteiger partial charge in [-0.3, -0.25) is 4.79 Å². The third-order valence-corrected chi connectivity index (χ3v) is 2.09. The number of aromatic hydroxyl groups is 1. The first kappa shape index (κ1) is 9.26. The molecule has 0 aliphatic heterocycles. The highest BCUT2D eigenvalue weighted by atomic mass is 16.4. The number of phenols is 1. The van der Waals surface area contributed by atoms with Gasteiger partial charge in [-0.15, -0.1) is 0 Å². The molecule has 0 aliphatic rings. The number of phenolic OH excluding ortho intramolecular Hbond substituents is 1. The normalized spacial score (nSPS) is 10.4. The zero-order valence-corrected chi connectivity index (χ0v) is 7.52. The van der Waals surface area contributed by atoms with Crippen LogP contribution in [0.2, 0.25) is 0 Å². The second-order valence-electron chi connectivity index (χ2n) is 3.07. The summed E-state index contributed by atoms with van der Waals surface area (Å²) in [7, 11) is 0. The van der Waals surface area contributed by atoms with Crippen molar-refractivity contribution in [3.8, 4) is 5.75 Å². The molecule has 0 radical (unpaired) electrons. The van der Waals surface area contributed by atoms with E-state index in [0.29, 0.717) is 5.52 Å². The molecule has 0 bridgehead atoms. The molecule has 5 nitrogen and oxygen atoms in total. The smallest absolute Gasteiger partial charge is 0.341 e. The van der Waals surface area contributed by atoms with Gasteiger partial charge < -0.3 is 15.2 Å². The molecule has 0 atom stereocenters. The predicted molar refractivity (Wildman–Crippen MR) is 53.2 cm³/mol. The van der Waals surface area contributed by atoms with E-state index in [2.05, 4.69) is 4.98 Å². The monoisotopic (exact) mass is 205 g/mol. The van der Waals surface area contributed by atoms with Crippen molar-refractivity contribution in [1.82, 2.24) is 4.98 Å². The van der Waals surface area contributed by atoms with E-state index in [1.54, 1.807) is 0 Å². The number of carboxylic acids is 1. The van der Waals surface area contributed by atoms with E-state index in [-0.39, 0.29) is 16.7 Å². The molecule has 15 heavy (non-hydrogen) atoms. The van der Waals surface area contributed by atoms with Crippen LogP contribution in [0.1, 0.15) is 10.4 Å². The lowest BCUT2D eigenvalue weighted by atomic mass is 10.1. The Labute approximate surface area is 83.6 Å². The molecule has 0 saturated heterocycles. The molecule has 1 heterocycles. The fourth-order valence-electron chi connectivity index (χ4n) is 1.37. The molecule has 0 aliphatic carbocycles. The SMILES string of the molecule is O=C(O)c1c[nH]c2ccc(O)cc2c1=O. The average Bonchev–Trinajstić information content (AvgIpc) is 2.19. The highest BCUT2D eigenvalue weighted by Crippen LogP contribution is 2.15. The molecule has 1 aromatic heterocycles. The van der Waals surface area contributed by atoms with Gasteiger partial charge >= 0.3 is 5.97 Å². The number of rotatable bonds is 1. The van der Waals surface area contributed by atoms with Crippen LogP contribution in [0.4, 0.5) is 0 Å². The number of hydrogen-bond acceptors (Lipinski definition) is 3. The molecule has 76 valence electrons. The number of carboxylic acid groups (broad SMARTS) is 1. The number of benzene rings is 1. The zero-order chi connectivity index (χ0) is 11.0. The summed E-state index contributed by atoms with van der Waals surface area (Å²) >= 11 is 0. The number of aromatic nitrogens is 1. The number of aromatic carboxylic acids is 1. The van der Waals surface area contributed by atoms with Crippen LogP contribution in [0.3, 0.4) is 0 Å². The Kier molecular flexibility index (Phi) is 1.93. The minimum absolute atomic E-state index is 0.0736. The van der Waals surface area contributed by atoms with Crippen LogP contribution in [0, 0.1) is 0 Å². The Bertz CT molecular complexity index is 600. The van der Waals surface area contributed by atoms with Crippen molar-refractivity contribution in [2.45, 2.75) is 0 Å². The Balaban J connectivity index is 2.89. The van der Waals surface area contributed by atoms with Gasteiger partial charge in [0.1, 0.15) is 11.3 Å². The first-order valence-electron chi connectivity index (χ1n) is 4.17. The van der Waals surface area contributed by atoms with Gasteiger partial charge in [-0.05, 0) is 18.2 Å². The quantitative estimate of drug-likeness (QED) is 0.646. The summed E-state index contributed by atoms with van der Waals surface area (Å²) in [5.41, 5.74) is -0.456. The van der Waals surface area contributed by atoms with E-state index in [0.717, 1.165) is 6.20 Å². The van der Waals surface area contributed by atoms with E-state index < -0.39 is 11.4 Å². The summed E-state index contributed by atoms with van der Waals surface area (Å²) in [5, 5.41) is 18.1. The molecule has 0 fully saturated rings. The lowest BCUT2D eigenvalue weighted by Gasteiger charge is -1.99. The lowest BCUT2D eigenvalue weighted by Crippen LogP contribution is -2.15. The van der Waals surface area contributed by atoms with Crippen LogP contribution in [0.5, 0.6) is 5.75 Å². The minimum atomic E-state index is -1.29. The number of aromatic amines is 1. The van der Waals surface area contributed by atoms with Crippen molar-refractivity contribution >= 4 is 16.9 Å². The molecule has 2 rings (SSSR count). The van der Waals surface area contributed by atoms with Gasteiger partial charge in [0.25, 0.3) is 0 Å². The van der Waals surface area contributed by atoms with Crippen molar-refractivity contribution < 1.29 is 15.0 Å². The maximum Gasteiger partial charge on any atom is 0.341 e. The Morgan fingerprint density at radius 1 is 1.33 bits per heavy atom. The van der Waals surface area contributed by atoms with Crippen molar-refractivity contribution in [2.75, 3.05) is 0 Å². The zero-order valence-electron chi connectivity index (χ0n) is 7.52. The van der Waals surface area contributed by atoms with Gasteiger partial charge in [-0.25, -0.2) is 4.79 Å². The topological polar surface area (TPSA) is 90.4 Å². The summed E-state index contributed by atoms with van der Waals surface area (Å²) in [6.07, 6.45) is 1.14. The molecular weight excluding hydrogens is 198 g/mol. The number of hydrogen-bond donors (Lipinski definition) is 3. The Hall–Kier alpha value is -2.30. The predicted octanol–water partition coefficient (Wildman–Crippen LogP) is 0.932. The third kappa shape index (κ3) is 1.43. The fraction of sp³-hybridized carbons (Fsp3) is 0. The lowest BCUT2D eigenvalue weighted by molar-refractivity contribution is 0.0695. The Morgan fingerprint density at radius 3 is 2.73 bits per heavy atom. The van der Waals surface area contributed by atoms with Gasteiger partial charge in [0.15, 0.2) is 0 Å². The van der Waals surface area contributed by atoms with Gasteiger partial charge in [-0.1, -0.05) is 0 Å². The second-order valence-corrected chi connectivity index (χ2v) is 3.07. The maximum atomic E-state index is 11.6. The molecule has 0 saturated carbocycles. The standard InChI is InChI=1S/C10H7NO4/c12-5-1-2-8-6(3-5)9(13)7(4-11-8)10(14)15/h1-4,12H,(H,11,13)(H,14,15). The average molecular weight is 205 g/mol. The summed E-state index contributed by atoms with van der Waals surface area (Å²) in [4.78, 5) is 25.0. The van der Waals surface area contributed by atoms with Gasteiger partial charge in [-0.2, -0.15) is 0 Å². The van der Waals surface area contributed by atoms with Crippen LogP contribution in [0.25, 0.3) is 10.9 Å². The highest BCUT2D eigenvalue weighted by Gasteiger charge is 2.11. The van der Waals surface area contributed by atoms with E-state index in [4.69, 9.17) is 5.11 Å². The molecule has 0 amide bonds. The van der Waals surface area contributed by atoms with E-state index in [1.807, 2.05) is 0 Å². The molecular formula is C10H7NO4. The number of pyridine rings is 1. The second kappa shape index (κ2) is 3.13. The summed E-state index contributed by atoms with van der Waals surface area (Å²) < 4.78 is 0. The van der Waals surface area contributed by atoms with Gasteiger partial charge in [0.05, 0.1) is 0 Å². The maximum absolute atomic E-state index is 11.6. The first-order chi connectivity index (χ1) is 7.09. The largest absolute Gasteiger partial charge is 0.508 e. The van der Waals surface area contributed by atoms with Crippen molar-refractivity contribution in [2.24, 2.45) is 0 Å². The number of nitrogens with one attached hydrogen (secondary N) is 1. The van der Waals surface area contributed by atoms with Crippen LogP contribution in [-0.2, 0) is 0 Å². The molecule has 0 unspecified atom stereocenters. The minimum Gasteiger partial charge on any atom is -0.508 e. The highest BCUT2D eigenvalue weighted by molar-refractivity contribution is 5.92. The van der Waals surface area contributed by atoms with Gasteiger partial charge in [0.2, 0.25) is 5.43 Å². The van der Waals surface area contributed by atoms with Gasteiger partial charge in [0, 0.05) is 17.1 Å². The molecule has 2 aromatic rings. The van der Waals surface area contributed by atoms with Crippen molar-refractivity contribution in [1.29, 1.82) is 0 Å². The van der Waals surface area contributed by atoms with Crippen LogP contribution in [0.15, 0.2) is 29.2 Å². The molecule has 5 heteroatoms.